The number of rotatable bonds is 2. The zero-order chi connectivity index (χ0) is 10.8. The van der Waals surface area contributed by atoms with Crippen molar-refractivity contribution in [1.29, 1.82) is 0 Å². The number of hydrogen-bond acceptors (Lipinski definition) is 3. The van der Waals surface area contributed by atoms with E-state index in [2.05, 4.69) is 5.10 Å². The minimum Gasteiger partial charge on any atom is -0.382 e. The van der Waals surface area contributed by atoms with Gasteiger partial charge in [0.1, 0.15) is 5.56 Å². The highest BCUT2D eigenvalue weighted by Gasteiger charge is 2.22. The highest BCUT2D eigenvalue weighted by atomic mass is 16.2. The molecule has 1 aromatic rings. The van der Waals surface area contributed by atoms with E-state index in [0.29, 0.717) is 11.4 Å². The lowest BCUT2D eigenvalue weighted by atomic mass is 10.3. The van der Waals surface area contributed by atoms with Gasteiger partial charge >= 0.3 is 0 Å². The number of aryl methyl sites for hydroxylation is 1. The summed E-state index contributed by atoms with van der Waals surface area (Å²) in [4.78, 5) is 13.8. The molecule has 2 heterocycles. The number of anilines is 1. The van der Waals surface area contributed by atoms with Gasteiger partial charge < -0.3 is 10.6 Å². The Morgan fingerprint density at radius 1 is 1.53 bits per heavy atom. The van der Waals surface area contributed by atoms with Gasteiger partial charge in [-0.1, -0.05) is 0 Å². The third-order valence-corrected chi connectivity index (χ3v) is 2.74. The lowest BCUT2D eigenvalue weighted by Crippen LogP contribution is -2.27. The molecule has 0 unspecified atom stereocenters. The SMILES string of the molecule is CCn1cc(C(=O)N2CCCC2)c(N)n1. The van der Waals surface area contributed by atoms with Crippen molar-refractivity contribution >= 4 is 11.7 Å². The van der Waals surface area contributed by atoms with Crippen molar-refractivity contribution in [3.63, 3.8) is 0 Å². The second-order valence-corrected chi connectivity index (χ2v) is 3.78. The number of nitrogen functional groups attached to an aromatic ring is 1. The van der Waals surface area contributed by atoms with Crippen LogP contribution in [0.15, 0.2) is 6.20 Å². The summed E-state index contributed by atoms with van der Waals surface area (Å²) in [6.07, 6.45) is 3.91. The summed E-state index contributed by atoms with van der Waals surface area (Å²) in [7, 11) is 0. The molecule has 82 valence electrons. The standard InChI is InChI=1S/C10H16N4O/c1-2-14-7-8(9(11)12-14)10(15)13-5-3-4-6-13/h7H,2-6H2,1H3,(H2,11,12). The molecule has 1 saturated heterocycles. The highest BCUT2D eigenvalue weighted by molar-refractivity contribution is 5.98. The number of carbonyl (C=O) groups excluding carboxylic acids is 1. The molecule has 0 saturated carbocycles. The number of aromatic nitrogens is 2. The lowest BCUT2D eigenvalue weighted by Gasteiger charge is -2.13. The van der Waals surface area contributed by atoms with E-state index < -0.39 is 0 Å². The zero-order valence-electron chi connectivity index (χ0n) is 8.94. The van der Waals surface area contributed by atoms with Gasteiger partial charge in [-0.15, -0.1) is 0 Å². The molecule has 1 aromatic heterocycles. The Kier molecular flexibility index (Phi) is 2.62. The van der Waals surface area contributed by atoms with Crippen molar-refractivity contribution in [2.45, 2.75) is 26.3 Å². The van der Waals surface area contributed by atoms with Crippen LogP contribution in [0.5, 0.6) is 0 Å². The van der Waals surface area contributed by atoms with E-state index in [0.717, 1.165) is 32.5 Å². The van der Waals surface area contributed by atoms with Crippen molar-refractivity contribution in [3.05, 3.63) is 11.8 Å². The Balaban J connectivity index is 2.20. The molecule has 5 heteroatoms. The third-order valence-electron chi connectivity index (χ3n) is 2.74. The lowest BCUT2D eigenvalue weighted by molar-refractivity contribution is 0.0793. The summed E-state index contributed by atoms with van der Waals surface area (Å²) in [6, 6.07) is 0. The second-order valence-electron chi connectivity index (χ2n) is 3.78. The van der Waals surface area contributed by atoms with Crippen LogP contribution >= 0.6 is 0 Å². The van der Waals surface area contributed by atoms with Crippen LogP contribution in [0.1, 0.15) is 30.1 Å². The van der Waals surface area contributed by atoms with E-state index in [1.807, 2.05) is 11.8 Å². The summed E-state index contributed by atoms with van der Waals surface area (Å²) in [5.41, 5.74) is 6.25. The number of amides is 1. The molecule has 0 atom stereocenters. The van der Waals surface area contributed by atoms with Gasteiger partial charge in [0.05, 0.1) is 0 Å². The first-order valence-corrected chi connectivity index (χ1v) is 5.34. The predicted molar refractivity (Wildman–Crippen MR) is 57.5 cm³/mol. The zero-order valence-corrected chi connectivity index (χ0v) is 8.94. The monoisotopic (exact) mass is 208 g/mol. The van der Waals surface area contributed by atoms with Gasteiger partial charge in [0, 0.05) is 25.8 Å². The molecule has 1 amide bonds. The Labute approximate surface area is 88.8 Å². The number of nitrogens with zero attached hydrogens (tertiary/aromatic N) is 3. The minimum absolute atomic E-state index is 0.0182. The number of likely N-dealkylation sites (tertiary alicyclic amines) is 1. The molecule has 15 heavy (non-hydrogen) atoms. The van der Waals surface area contributed by atoms with Crippen molar-refractivity contribution in [1.82, 2.24) is 14.7 Å². The van der Waals surface area contributed by atoms with Gasteiger partial charge in [-0.2, -0.15) is 5.10 Å². The maximum atomic E-state index is 12.0. The first-order valence-electron chi connectivity index (χ1n) is 5.34. The largest absolute Gasteiger partial charge is 0.382 e. The van der Waals surface area contributed by atoms with Gasteiger partial charge in [0.15, 0.2) is 5.82 Å². The van der Waals surface area contributed by atoms with Crippen LogP contribution in [0, 0.1) is 0 Å². The molecule has 1 aliphatic rings. The van der Waals surface area contributed by atoms with E-state index >= 15 is 0 Å². The van der Waals surface area contributed by atoms with E-state index in [1.54, 1.807) is 10.9 Å². The number of nitrogens with two attached hydrogens (primary N) is 1. The molecule has 2 rings (SSSR count). The molecule has 0 aliphatic carbocycles. The van der Waals surface area contributed by atoms with Crippen LogP contribution < -0.4 is 5.73 Å². The van der Waals surface area contributed by atoms with Crippen molar-refractivity contribution < 1.29 is 4.79 Å². The van der Waals surface area contributed by atoms with Crippen LogP contribution in [0.25, 0.3) is 0 Å². The van der Waals surface area contributed by atoms with Crippen LogP contribution in [-0.2, 0) is 6.54 Å². The van der Waals surface area contributed by atoms with Gasteiger partial charge in [-0.3, -0.25) is 9.48 Å². The molecular formula is C10H16N4O. The van der Waals surface area contributed by atoms with E-state index in [-0.39, 0.29) is 5.91 Å². The Hall–Kier alpha value is -1.52. The second kappa shape index (κ2) is 3.92. The summed E-state index contributed by atoms with van der Waals surface area (Å²) in [5.74, 6) is 0.360. The van der Waals surface area contributed by atoms with Gasteiger partial charge in [0.2, 0.25) is 0 Å². The molecule has 1 fully saturated rings. The summed E-state index contributed by atoms with van der Waals surface area (Å²) in [6.45, 7) is 4.39. The normalized spacial score (nSPS) is 15.9. The van der Waals surface area contributed by atoms with Crippen LogP contribution in [0.4, 0.5) is 5.82 Å². The summed E-state index contributed by atoms with van der Waals surface area (Å²) >= 11 is 0. The predicted octanol–water partition coefficient (Wildman–Crippen LogP) is 0.721. The molecule has 0 spiro atoms. The fourth-order valence-electron chi connectivity index (χ4n) is 1.85. The maximum absolute atomic E-state index is 12.0. The quantitative estimate of drug-likeness (QED) is 0.779. The van der Waals surface area contributed by atoms with E-state index in [4.69, 9.17) is 5.73 Å². The first kappa shape index (κ1) is 10.0. The number of carbonyl (C=O) groups is 1. The molecule has 2 N–H and O–H groups in total. The smallest absolute Gasteiger partial charge is 0.259 e. The van der Waals surface area contributed by atoms with Crippen LogP contribution in [0.2, 0.25) is 0 Å². The Morgan fingerprint density at radius 2 is 2.20 bits per heavy atom. The van der Waals surface area contributed by atoms with Gasteiger partial charge in [-0.05, 0) is 19.8 Å². The molecule has 0 radical (unpaired) electrons. The average Bonchev–Trinajstić information content (AvgIpc) is 2.85. The van der Waals surface area contributed by atoms with Crippen LogP contribution in [0.3, 0.4) is 0 Å². The van der Waals surface area contributed by atoms with Crippen molar-refractivity contribution in [2.24, 2.45) is 0 Å². The molecule has 1 aliphatic heterocycles. The summed E-state index contributed by atoms with van der Waals surface area (Å²) < 4.78 is 1.69. The van der Waals surface area contributed by atoms with E-state index in [9.17, 15) is 4.79 Å². The Bertz CT molecular complexity index is 365. The van der Waals surface area contributed by atoms with Crippen molar-refractivity contribution in [3.8, 4) is 0 Å². The molecule has 0 aromatic carbocycles. The Morgan fingerprint density at radius 3 is 2.73 bits per heavy atom. The maximum Gasteiger partial charge on any atom is 0.259 e. The van der Waals surface area contributed by atoms with Gasteiger partial charge in [0.25, 0.3) is 5.91 Å². The molecule has 0 bridgehead atoms. The van der Waals surface area contributed by atoms with E-state index in [1.165, 1.54) is 0 Å². The highest BCUT2D eigenvalue weighted by Crippen LogP contribution is 2.16. The average molecular weight is 208 g/mol. The minimum atomic E-state index is 0.0182. The van der Waals surface area contributed by atoms with Gasteiger partial charge in [-0.25, -0.2) is 0 Å². The first-order chi connectivity index (χ1) is 7.22. The van der Waals surface area contributed by atoms with Crippen molar-refractivity contribution in [2.75, 3.05) is 18.8 Å². The molecular weight excluding hydrogens is 192 g/mol. The van der Waals surface area contributed by atoms with Crippen LogP contribution in [-0.4, -0.2) is 33.7 Å². The molecule has 5 nitrogen and oxygen atoms in total. The third kappa shape index (κ3) is 1.82. The fraction of sp³-hybridized carbons (Fsp3) is 0.600. The number of hydrogen-bond donors (Lipinski definition) is 1. The summed E-state index contributed by atoms with van der Waals surface area (Å²) in [5, 5.41) is 4.07. The topological polar surface area (TPSA) is 64.2 Å². The fourth-order valence-corrected chi connectivity index (χ4v) is 1.85.